The second-order valence-corrected chi connectivity index (χ2v) is 6.18. The van der Waals surface area contributed by atoms with Crippen LogP contribution in [-0.2, 0) is 10.0 Å². The van der Waals surface area contributed by atoms with Gasteiger partial charge in [-0.25, -0.2) is 13.1 Å². The summed E-state index contributed by atoms with van der Waals surface area (Å²) >= 11 is 1.56. The van der Waals surface area contributed by atoms with Crippen LogP contribution in [0.25, 0.3) is 0 Å². The van der Waals surface area contributed by atoms with Gasteiger partial charge in [-0.3, -0.25) is 0 Å². The predicted molar refractivity (Wildman–Crippen MR) is 69.3 cm³/mol. The van der Waals surface area contributed by atoms with E-state index in [1.165, 1.54) is 12.1 Å². The fourth-order valence-electron chi connectivity index (χ4n) is 1.41. The van der Waals surface area contributed by atoms with E-state index in [0.717, 1.165) is 0 Å². The van der Waals surface area contributed by atoms with Crippen LogP contribution in [0.4, 0.5) is 0 Å². The highest BCUT2D eigenvalue weighted by Crippen LogP contribution is 2.14. The molecule has 0 aromatic heterocycles. The molecule has 0 saturated heterocycles. The van der Waals surface area contributed by atoms with Crippen molar-refractivity contribution in [1.29, 1.82) is 5.26 Å². The Hall–Kier alpha value is -1.03. The molecular formula is C11H14N2O2S2. The molecule has 1 rings (SSSR count). The fourth-order valence-corrected chi connectivity index (χ4v) is 3.50. The zero-order chi connectivity index (χ0) is 12.9. The quantitative estimate of drug-likeness (QED) is 0.882. The molecule has 0 aliphatic rings. The molecule has 0 aliphatic heterocycles. The van der Waals surface area contributed by atoms with E-state index in [1.807, 2.05) is 12.3 Å². The van der Waals surface area contributed by atoms with Gasteiger partial charge in [0.05, 0.1) is 10.5 Å². The highest BCUT2D eigenvalue weighted by molar-refractivity contribution is 7.98. The number of benzene rings is 1. The Labute approximate surface area is 106 Å². The second-order valence-electron chi connectivity index (χ2n) is 3.59. The molecule has 1 atom stereocenters. The molecule has 0 amide bonds. The Balaban J connectivity index is 3.02. The monoisotopic (exact) mass is 270 g/mol. The summed E-state index contributed by atoms with van der Waals surface area (Å²) in [5.74, 6) is 0.688. The standard InChI is InChI=1S/C11H14N2O2S2/c1-9(8-16-2)13-17(14,15)11-6-4-3-5-10(11)7-12/h3-6,9,13H,8H2,1-2H3. The second kappa shape index (κ2) is 6.05. The van der Waals surface area contributed by atoms with Crippen molar-refractivity contribution >= 4 is 21.8 Å². The Morgan fingerprint density at radius 1 is 1.47 bits per heavy atom. The van der Waals surface area contributed by atoms with Gasteiger partial charge in [-0.2, -0.15) is 17.0 Å². The molecule has 0 spiro atoms. The van der Waals surface area contributed by atoms with E-state index in [2.05, 4.69) is 4.72 Å². The maximum atomic E-state index is 12.0. The lowest BCUT2D eigenvalue weighted by Crippen LogP contribution is -2.34. The first kappa shape index (κ1) is 14.0. The SMILES string of the molecule is CSCC(C)NS(=O)(=O)c1ccccc1C#N. The number of nitrogens with one attached hydrogen (secondary N) is 1. The zero-order valence-electron chi connectivity index (χ0n) is 9.67. The van der Waals surface area contributed by atoms with Gasteiger partial charge >= 0.3 is 0 Å². The van der Waals surface area contributed by atoms with Crippen LogP contribution in [0.3, 0.4) is 0 Å². The van der Waals surface area contributed by atoms with Crippen molar-refractivity contribution in [2.24, 2.45) is 0 Å². The number of thioether (sulfide) groups is 1. The first-order chi connectivity index (χ1) is 8.01. The summed E-state index contributed by atoms with van der Waals surface area (Å²) in [6.45, 7) is 1.79. The molecule has 0 radical (unpaired) electrons. The third kappa shape index (κ3) is 3.73. The zero-order valence-corrected chi connectivity index (χ0v) is 11.3. The van der Waals surface area contributed by atoms with Crippen molar-refractivity contribution in [3.8, 4) is 6.07 Å². The van der Waals surface area contributed by atoms with Gasteiger partial charge in [-0.15, -0.1) is 0 Å². The van der Waals surface area contributed by atoms with Crippen LogP contribution in [0.15, 0.2) is 29.2 Å². The van der Waals surface area contributed by atoms with Gasteiger partial charge in [0, 0.05) is 11.8 Å². The normalized spacial score (nSPS) is 13.0. The Morgan fingerprint density at radius 2 is 2.12 bits per heavy atom. The van der Waals surface area contributed by atoms with Crippen molar-refractivity contribution in [3.63, 3.8) is 0 Å². The molecule has 92 valence electrons. The molecule has 0 saturated carbocycles. The summed E-state index contributed by atoms with van der Waals surface area (Å²) in [5, 5.41) is 8.87. The van der Waals surface area contributed by atoms with Gasteiger partial charge in [0.15, 0.2) is 0 Å². The lowest BCUT2D eigenvalue weighted by molar-refractivity contribution is 0.571. The number of hydrogen-bond acceptors (Lipinski definition) is 4. The van der Waals surface area contributed by atoms with Crippen molar-refractivity contribution in [3.05, 3.63) is 29.8 Å². The predicted octanol–water partition coefficient (Wildman–Crippen LogP) is 1.59. The van der Waals surface area contributed by atoms with Crippen molar-refractivity contribution in [2.45, 2.75) is 17.9 Å². The van der Waals surface area contributed by atoms with E-state index in [-0.39, 0.29) is 16.5 Å². The first-order valence-corrected chi connectivity index (χ1v) is 7.89. The summed E-state index contributed by atoms with van der Waals surface area (Å²) in [6, 6.07) is 7.90. The molecule has 4 nitrogen and oxygen atoms in total. The number of sulfonamides is 1. The van der Waals surface area contributed by atoms with E-state index < -0.39 is 10.0 Å². The Morgan fingerprint density at radius 3 is 2.71 bits per heavy atom. The highest BCUT2D eigenvalue weighted by Gasteiger charge is 2.20. The van der Waals surface area contributed by atoms with E-state index in [0.29, 0.717) is 5.75 Å². The van der Waals surface area contributed by atoms with Gasteiger partial charge in [0.2, 0.25) is 10.0 Å². The van der Waals surface area contributed by atoms with Crippen molar-refractivity contribution in [1.82, 2.24) is 4.72 Å². The van der Waals surface area contributed by atoms with Crippen LogP contribution in [0.2, 0.25) is 0 Å². The van der Waals surface area contributed by atoms with Crippen LogP contribution >= 0.6 is 11.8 Å². The maximum Gasteiger partial charge on any atom is 0.242 e. The topological polar surface area (TPSA) is 70.0 Å². The minimum Gasteiger partial charge on any atom is -0.207 e. The Kier molecular flexibility index (Phi) is 5.00. The average Bonchev–Trinajstić information content (AvgIpc) is 2.28. The number of nitriles is 1. The van der Waals surface area contributed by atoms with E-state index in [1.54, 1.807) is 30.8 Å². The maximum absolute atomic E-state index is 12.0. The van der Waals surface area contributed by atoms with Crippen LogP contribution in [0.5, 0.6) is 0 Å². The summed E-state index contributed by atoms with van der Waals surface area (Å²) in [4.78, 5) is 0.0375. The molecule has 1 aromatic rings. The highest BCUT2D eigenvalue weighted by atomic mass is 32.2. The van der Waals surface area contributed by atoms with E-state index >= 15 is 0 Å². The van der Waals surface area contributed by atoms with E-state index in [9.17, 15) is 8.42 Å². The van der Waals surface area contributed by atoms with E-state index in [4.69, 9.17) is 5.26 Å². The molecular weight excluding hydrogens is 256 g/mol. The van der Waals surface area contributed by atoms with Crippen LogP contribution in [0, 0.1) is 11.3 Å². The molecule has 0 bridgehead atoms. The minimum atomic E-state index is -3.61. The number of rotatable bonds is 5. The largest absolute Gasteiger partial charge is 0.242 e. The molecule has 0 heterocycles. The molecule has 0 aliphatic carbocycles. The molecule has 6 heteroatoms. The summed E-state index contributed by atoms with van der Waals surface area (Å²) in [5.41, 5.74) is 0.163. The summed E-state index contributed by atoms with van der Waals surface area (Å²) < 4.78 is 26.6. The van der Waals surface area contributed by atoms with Crippen LogP contribution in [0.1, 0.15) is 12.5 Å². The molecule has 17 heavy (non-hydrogen) atoms. The van der Waals surface area contributed by atoms with Crippen molar-refractivity contribution in [2.75, 3.05) is 12.0 Å². The molecule has 0 fully saturated rings. The van der Waals surface area contributed by atoms with Gasteiger partial charge in [0.1, 0.15) is 6.07 Å². The smallest absolute Gasteiger partial charge is 0.207 e. The third-order valence-corrected chi connectivity index (χ3v) is 4.55. The fraction of sp³-hybridized carbons (Fsp3) is 0.364. The minimum absolute atomic E-state index is 0.0375. The lowest BCUT2D eigenvalue weighted by atomic mass is 10.2. The van der Waals surface area contributed by atoms with Gasteiger partial charge in [-0.05, 0) is 25.3 Å². The summed E-state index contributed by atoms with van der Waals surface area (Å²) in [7, 11) is -3.61. The van der Waals surface area contributed by atoms with Gasteiger partial charge < -0.3 is 0 Å². The number of hydrogen-bond donors (Lipinski definition) is 1. The summed E-state index contributed by atoms with van der Waals surface area (Å²) in [6.07, 6.45) is 1.91. The first-order valence-electron chi connectivity index (χ1n) is 5.01. The lowest BCUT2D eigenvalue weighted by Gasteiger charge is -2.13. The Bertz CT molecular complexity index is 521. The molecule has 1 N–H and O–H groups in total. The van der Waals surface area contributed by atoms with Crippen molar-refractivity contribution < 1.29 is 8.42 Å². The number of nitrogens with zero attached hydrogens (tertiary/aromatic N) is 1. The van der Waals surface area contributed by atoms with Crippen LogP contribution in [-0.4, -0.2) is 26.5 Å². The molecule has 1 aromatic carbocycles. The van der Waals surface area contributed by atoms with Gasteiger partial charge in [-0.1, -0.05) is 12.1 Å². The average molecular weight is 270 g/mol. The van der Waals surface area contributed by atoms with Gasteiger partial charge in [0.25, 0.3) is 0 Å². The third-order valence-electron chi connectivity index (χ3n) is 2.07. The molecule has 1 unspecified atom stereocenters. The van der Waals surface area contributed by atoms with Crippen LogP contribution < -0.4 is 4.72 Å².